The van der Waals surface area contributed by atoms with Crippen LogP contribution in [-0.4, -0.2) is 23.8 Å². The third kappa shape index (κ3) is 3.57. The molecule has 0 spiro atoms. The van der Waals surface area contributed by atoms with Crippen molar-refractivity contribution in [1.29, 1.82) is 0 Å². The summed E-state index contributed by atoms with van der Waals surface area (Å²) in [5.41, 5.74) is 9.68. The molecule has 0 unspecified atom stereocenters. The molecule has 0 aliphatic rings. The number of benzene rings is 4. The van der Waals surface area contributed by atoms with Gasteiger partial charge in [-0.2, -0.15) is 0 Å². The molecule has 4 aromatic carbocycles. The van der Waals surface area contributed by atoms with E-state index in [9.17, 15) is 0 Å². The highest BCUT2D eigenvalue weighted by atomic mass is 16.5. The SMILES string of the molecule is Cc1cc(C)c(-c2cn3c4ccccc4c4ccc(Oc5ccc6c7cccnc7n7ccnc7c6c5)cc4c3n2)c(C)c1. The minimum atomic E-state index is 0.747. The van der Waals surface area contributed by atoms with Crippen molar-refractivity contribution in [2.24, 2.45) is 0 Å². The third-order valence-electron chi connectivity index (χ3n) is 8.74. The summed E-state index contributed by atoms with van der Waals surface area (Å²) in [6, 6.07) is 29.5. The summed E-state index contributed by atoms with van der Waals surface area (Å²) in [6.45, 7) is 6.48. The molecule has 5 aromatic heterocycles. The molecule has 0 aliphatic carbocycles. The van der Waals surface area contributed by atoms with Gasteiger partial charge in [-0.1, -0.05) is 35.9 Å². The van der Waals surface area contributed by atoms with Crippen molar-refractivity contribution in [3.8, 4) is 22.8 Å². The van der Waals surface area contributed by atoms with Crippen molar-refractivity contribution in [3.63, 3.8) is 0 Å². The molecular formula is C38H27N5O. The van der Waals surface area contributed by atoms with Crippen LogP contribution in [0.4, 0.5) is 0 Å². The van der Waals surface area contributed by atoms with Crippen molar-refractivity contribution in [2.45, 2.75) is 20.8 Å². The standard InChI is InChI=1S/C38H27N5O/c1-22-17-23(2)35(24(3)18-22)33-21-43-34-9-5-4-7-29(34)27-12-10-26(20-32(27)38(43)41-33)44-25-11-13-28-30-8-6-14-39-36(30)42-16-15-40-37(42)31(28)19-25/h4-21H,1-3H3. The molecule has 0 atom stereocenters. The molecule has 44 heavy (non-hydrogen) atoms. The first-order chi connectivity index (χ1) is 21.5. The number of hydrogen-bond donors (Lipinski definition) is 0. The van der Waals surface area contributed by atoms with E-state index in [0.29, 0.717) is 0 Å². The van der Waals surface area contributed by atoms with Crippen LogP contribution in [0.1, 0.15) is 16.7 Å². The van der Waals surface area contributed by atoms with Crippen LogP contribution in [0.25, 0.3) is 66.0 Å². The molecule has 6 nitrogen and oxygen atoms in total. The topological polar surface area (TPSA) is 56.7 Å². The van der Waals surface area contributed by atoms with Crippen LogP contribution >= 0.6 is 0 Å². The smallest absolute Gasteiger partial charge is 0.146 e. The summed E-state index contributed by atoms with van der Waals surface area (Å²) >= 11 is 0. The summed E-state index contributed by atoms with van der Waals surface area (Å²) in [5, 5.41) is 6.56. The maximum Gasteiger partial charge on any atom is 0.146 e. The maximum atomic E-state index is 6.55. The van der Waals surface area contributed by atoms with Crippen molar-refractivity contribution in [1.82, 2.24) is 23.8 Å². The van der Waals surface area contributed by atoms with Crippen molar-refractivity contribution in [2.75, 3.05) is 0 Å². The van der Waals surface area contributed by atoms with Crippen LogP contribution in [0.3, 0.4) is 0 Å². The average molecular weight is 570 g/mol. The molecule has 0 radical (unpaired) electrons. The van der Waals surface area contributed by atoms with Gasteiger partial charge in [-0.05, 0) is 97.3 Å². The number of rotatable bonds is 3. The molecule has 5 heterocycles. The van der Waals surface area contributed by atoms with Gasteiger partial charge in [0.05, 0.1) is 11.2 Å². The fraction of sp³-hybridized carbons (Fsp3) is 0.0789. The third-order valence-corrected chi connectivity index (χ3v) is 8.74. The highest BCUT2D eigenvalue weighted by Crippen LogP contribution is 2.37. The Morgan fingerprint density at radius 2 is 1.23 bits per heavy atom. The Hall–Kier alpha value is -5.75. The summed E-state index contributed by atoms with van der Waals surface area (Å²) < 4.78 is 10.8. The Morgan fingerprint density at radius 3 is 2.02 bits per heavy atom. The fourth-order valence-electron chi connectivity index (χ4n) is 6.99. The van der Waals surface area contributed by atoms with E-state index >= 15 is 0 Å². The number of pyridine rings is 3. The molecular weight excluding hydrogens is 542 g/mol. The lowest BCUT2D eigenvalue weighted by Crippen LogP contribution is -1.94. The number of para-hydroxylation sites is 1. The maximum absolute atomic E-state index is 6.55. The van der Waals surface area contributed by atoms with Gasteiger partial charge in [0.15, 0.2) is 0 Å². The number of ether oxygens (including phenoxy) is 1. The molecule has 0 N–H and O–H groups in total. The van der Waals surface area contributed by atoms with E-state index in [1.165, 1.54) is 27.6 Å². The minimum Gasteiger partial charge on any atom is -0.457 e. The van der Waals surface area contributed by atoms with E-state index in [1.54, 1.807) is 0 Å². The first-order valence-corrected chi connectivity index (χ1v) is 14.8. The largest absolute Gasteiger partial charge is 0.457 e. The molecule has 0 aliphatic heterocycles. The highest BCUT2D eigenvalue weighted by Gasteiger charge is 2.17. The van der Waals surface area contributed by atoms with Gasteiger partial charge in [0, 0.05) is 51.9 Å². The summed E-state index contributed by atoms with van der Waals surface area (Å²) in [7, 11) is 0. The Balaban J connectivity index is 1.23. The Kier molecular flexibility index (Phi) is 5.14. The Morgan fingerprint density at radius 1 is 0.568 bits per heavy atom. The molecule has 0 saturated heterocycles. The van der Waals surface area contributed by atoms with Gasteiger partial charge in [-0.15, -0.1) is 0 Å². The van der Waals surface area contributed by atoms with Crippen LogP contribution in [0.2, 0.25) is 0 Å². The lowest BCUT2D eigenvalue weighted by molar-refractivity contribution is 0.484. The van der Waals surface area contributed by atoms with Crippen molar-refractivity contribution >= 4 is 54.8 Å². The number of nitrogens with zero attached hydrogens (tertiary/aromatic N) is 5. The van der Waals surface area contributed by atoms with E-state index < -0.39 is 0 Å². The fourth-order valence-corrected chi connectivity index (χ4v) is 6.99. The molecule has 0 saturated carbocycles. The predicted molar refractivity (Wildman–Crippen MR) is 178 cm³/mol. The lowest BCUT2D eigenvalue weighted by Gasteiger charge is -2.12. The lowest BCUT2D eigenvalue weighted by atomic mass is 9.98. The number of aryl methyl sites for hydroxylation is 3. The normalized spacial score (nSPS) is 12.0. The quantitative estimate of drug-likeness (QED) is 0.199. The summed E-state index contributed by atoms with van der Waals surface area (Å²) in [5.74, 6) is 1.50. The zero-order valence-corrected chi connectivity index (χ0v) is 24.5. The van der Waals surface area contributed by atoms with Gasteiger partial charge >= 0.3 is 0 Å². The van der Waals surface area contributed by atoms with Gasteiger partial charge in [0.25, 0.3) is 0 Å². The Labute approximate surface area is 252 Å². The van der Waals surface area contributed by atoms with E-state index in [4.69, 9.17) is 9.72 Å². The zero-order valence-electron chi connectivity index (χ0n) is 24.5. The molecule has 0 amide bonds. The van der Waals surface area contributed by atoms with Gasteiger partial charge < -0.3 is 4.74 Å². The van der Waals surface area contributed by atoms with Crippen LogP contribution in [0, 0.1) is 20.8 Å². The molecule has 9 aromatic rings. The van der Waals surface area contributed by atoms with Crippen LogP contribution in [-0.2, 0) is 0 Å². The van der Waals surface area contributed by atoms with Crippen molar-refractivity contribution < 1.29 is 4.74 Å². The first kappa shape index (κ1) is 24.8. The summed E-state index contributed by atoms with van der Waals surface area (Å²) in [4.78, 5) is 14.5. The van der Waals surface area contributed by atoms with Gasteiger partial charge in [0.1, 0.15) is 28.4 Å². The van der Waals surface area contributed by atoms with Crippen LogP contribution in [0.15, 0.2) is 110 Å². The number of aromatic nitrogens is 5. The van der Waals surface area contributed by atoms with E-state index in [2.05, 4.69) is 108 Å². The van der Waals surface area contributed by atoms with Crippen molar-refractivity contribution in [3.05, 3.63) is 126 Å². The number of imidazole rings is 2. The average Bonchev–Trinajstić information content (AvgIpc) is 3.70. The summed E-state index contributed by atoms with van der Waals surface area (Å²) in [6.07, 6.45) is 7.76. The second kappa shape index (κ2) is 9.12. The monoisotopic (exact) mass is 569 g/mol. The van der Waals surface area contributed by atoms with Gasteiger partial charge in [-0.25, -0.2) is 15.0 Å². The van der Waals surface area contributed by atoms with E-state index in [0.717, 1.165) is 66.6 Å². The second-order valence-electron chi connectivity index (χ2n) is 11.6. The second-order valence-corrected chi connectivity index (χ2v) is 11.6. The number of hydrogen-bond acceptors (Lipinski definition) is 4. The van der Waals surface area contributed by atoms with Crippen LogP contribution in [0.5, 0.6) is 11.5 Å². The highest BCUT2D eigenvalue weighted by molar-refractivity contribution is 6.13. The molecule has 0 bridgehead atoms. The van der Waals surface area contributed by atoms with Gasteiger partial charge in [-0.3, -0.25) is 8.80 Å². The molecule has 0 fully saturated rings. The molecule has 210 valence electrons. The number of fused-ring (bicyclic) bond motifs is 12. The predicted octanol–water partition coefficient (Wildman–Crippen LogP) is 9.37. The van der Waals surface area contributed by atoms with Crippen LogP contribution < -0.4 is 4.74 Å². The van der Waals surface area contributed by atoms with E-state index in [1.807, 2.05) is 41.2 Å². The molecule has 9 rings (SSSR count). The van der Waals surface area contributed by atoms with Gasteiger partial charge in [0.2, 0.25) is 0 Å². The first-order valence-electron chi connectivity index (χ1n) is 14.8. The minimum absolute atomic E-state index is 0.747. The Bertz CT molecular complexity index is 2600. The zero-order chi connectivity index (χ0) is 29.5. The van der Waals surface area contributed by atoms with E-state index in [-0.39, 0.29) is 0 Å². The molecule has 6 heteroatoms.